The maximum absolute atomic E-state index is 12.8. The van der Waals surface area contributed by atoms with Crippen molar-refractivity contribution in [2.24, 2.45) is 0 Å². The second kappa shape index (κ2) is 7.47. The van der Waals surface area contributed by atoms with Crippen molar-refractivity contribution >= 4 is 11.6 Å². The van der Waals surface area contributed by atoms with E-state index in [0.29, 0.717) is 13.1 Å². The molecular weight excluding hydrogens is 363 g/mol. The summed E-state index contributed by atoms with van der Waals surface area (Å²) in [5, 5.41) is 10.7. The van der Waals surface area contributed by atoms with E-state index in [9.17, 15) is 23.3 Å². The summed E-state index contributed by atoms with van der Waals surface area (Å²) in [4.78, 5) is 21.7. The maximum Gasteiger partial charge on any atom is 0.433 e. The van der Waals surface area contributed by atoms with Gasteiger partial charge in [-0.15, -0.1) is 0 Å². The third kappa shape index (κ3) is 4.51. The van der Waals surface area contributed by atoms with E-state index >= 15 is 0 Å². The quantitative estimate of drug-likeness (QED) is 0.585. The van der Waals surface area contributed by atoms with Crippen LogP contribution < -0.4 is 4.90 Å². The fraction of sp³-hybridized carbons (Fsp3) is 0.412. The van der Waals surface area contributed by atoms with E-state index in [4.69, 9.17) is 0 Å². The summed E-state index contributed by atoms with van der Waals surface area (Å²) in [6.07, 6.45) is -2.62. The average molecular weight is 381 g/mol. The van der Waals surface area contributed by atoms with Crippen molar-refractivity contribution in [2.75, 3.05) is 25.0 Å². The Hall–Kier alpha value is -2.75. The number of hydrogen-bond donors (Lipinski definition) is 0. The van der Waals surface area contributed by atoms with Crippen LogP contribution in [0.15, 0.2) is 36.5 Å². The molecule has 3 rings (SSSR count). The number of rotatable bonds is 5. The van der Waals surface area contributed by atoms with Gasteiger partial charge in [0.1, 0.15) is 5.69 Å². The normalized spacial score (nSPS) is 17.9. The number of likely N-dealkylation sites (N-methyl/N-ethyl adjacent to an activating group) is 1. The predicted octanol–water partition coefficient (Wildman–Crippen LogP) is 3.11. The van der Waals surface area contributed by atoms with Gasteiger partial charge in [-0.2, -0.15) is 13.2 Å². The first-order chi connectivity index (χ1) is 12.7. The molecule has 1 aliphatic rings. The number of likely N-dealkylation sites (tertiary alicyclic amines) is 1. The van der Waals surface area contributed by atoms with Crippen molar-refractivity contribution in [1.82, 2.24) is 14.9 Å². The molecule has 0 N–H and O–H groups in total. The van der Waals surface area contributed by atoms with Gasteiger partial charge in [-0.3, -0.25) is 15.0 Å². The van der Waals surface area contributed by atoms with Crippen LogP contribution >= 0.6 is 0 Å². The van der Waals surface area contributed by atoms with Gasteiger partial charge in [0.05, 0.1) is 4.92 Å². The smallest absolute Gasteiger partial charge is 0.340 e. The number of anilines is 1. The van der Waals surface area contributed by atoms with E-state index in [-0.39, 0.29) is 17.7 Å². The Morgan fingerprint density at radius 2 is 2.00 bits per heavy atom. The van der Waals surface area contributed by atoms with Crippen molar-refractivity contribution in [2.45, 2.75) is 25.2 Å². The molecule has 2 heterocycles. The number of non-ortho nitro benzene ring substituents is 1. The van der Waals surface area contributed by atoms with Crippen molar-refractivity contribution < 1.29 is 18.1 Å². The van der Waals surface area contributed by atoms with Gasteiger partial charge < -0.3 is 4.90 Å². The third-order valence-corrected chi connectivity index (χ3v) is 4.60. The first-order valence-electron chi connectivity index (χ1n) is 8.33. The number of nitro benzene ring substituents is 1. The molecule has 0 bridgehead atoms. The van der Waals surface area contributed by atoms with Gasteiger partial charge in [0.25, 0.3) is 5.69 Å². The van der Waals surface area contributed by atoms with Crippen molar-refractivity contribution in [3.8, 4) is 0 Å². The lowest BCUT2D eigenvalue weighted by molar-refractivity contribution is -0.384. The van der Waals surface area contributed by atoms with Crippen LogP contribution in [0.4, 0.5) is 24.8 Å². The molecular formula is C17H18F3N5O2. The fourth-order valence-corrected chi connectivity index (χ4v) is 3.09. The van der Waals surface area contributed by atoms with E-state index in [1.807, 2.05) is 0 Å². The molecule has 1 aliphatic heterocycles. The van der Waals surface area contributed by atoms with Crippen LogP contribution in [-0.4, -0.2) is 46.0 Å². The Bertz CT molecular complexity index is 813. The second-order valence-corrected chi connectivity index (χ2v) is 6.45. The predicted molar refractivity (Wildman–Crippen MR) is 92.2 cm³/mol. The molecule has 0 saturated carbocycles. The molecule has 27 heavy (non-hydrogen) atoms. The summed E-state index contributed by atoms with van der Waals surface area (Å²) in [6, 6.07) is 7.20. The van der Waals surface area contributed by atoms with Crippen molar-refractivity contribution in [3.63, 3.8) is 0 Å². The topological polar surface area (TPSA) is 75.4 Å². The SMILES string of the molecule is CN(c1nccc(C(F)(F)F)n1)C1CCN(Cc2ccc([N+](=O)[O-])cc2)C1. The van der Waals surface area contributed by atoms with Crippen LogP contribution in [0.1, 0.15) is 17.7 Å². The molecule has 1 saturated heterocycles. The van der Waals surface area contributed by atoms with E-state index in [2.05, 4.69) is 14.9 Å². The molecule has 0 amide bonds. The minimum absolute atomic E-state index is 0.00784. The summed E-state index contributed by atoms with van der Waals surface area (Å²) >= 11 is 0. The van der Waals surface area contributed by atoms with Gasteiger partial charge in [0.15, 0.2) is 0 Å². The number of hydrogen-bond acceptors (Lipinski definition) is 6. The van der Waals surface area contributed by atoms with E-state index in [1.54, 1.807) is 24.1 Å². The van der Waals surface area contributed by atoms with Crippen LogP contribution in [0.25, 0.3) is 0 Å². The Labute approximate surface area is 153 Å². The minimum Gasteiger partial charge on any atom is -0.340 e. The molecule has 1 aromatic carbocycles. The van der Waals surface area contributed by atoms with E-state index in [1.165, 1.54) is 12.1 Å². The lowest BCUT2D eigenvalue weighted by Gasteiger charge is -2.25. The summed E-state index contributed by atoms with van der Waals surface area (Å²) < 4.78 is 38.5. The molecule has 1 fully saturated rings. The number of halogens is 3. The van der Waals surface area contributed by atoms with Gasteiger partial charge >= 0.3 is 6.18 Å². The highest BCUT2D eigenvalue weighted by Gasteiger charge is 2.34. The first kappa shape index (κ1) is 19.0. The van der Waals surface area contributed by atoms with Crippen molar-refractivity contribution in [1.29, 1.82) is 0 Å². The summed E-state index contributed by atoms with van der Waals surface area (Å²) in [5.41, 5.74) is 0.0266. The molecule has 0 spiro atoms. The standard InChI is InChI=1S/C17H18F3N5O2/c1-23(16-21-8-6-15(22-16)17(18,19)20)14-7-9-24(11-14)10-12-2-4-13(5-3-12)25(26)27/h2-6,8,14H,7,9-11H2,1H3. The van der Waals surface area contributed by atoms with Gasteiger partial charge in [-0.1, -0.05) is 12.1 Å². The monoisotopic (exact) mass is 381 g/mol. The molecule has 144 valence electrons. The number of aromatic nitrogens is 2. The lowest BCUT2D eigenvalue weighted by atomic mass is 10.2. The minimum atomic E-state index is -4.50. The van der Waals surface area contributed by atoms with Crippen LogP contribution in [0, 0.1) is 10.1 Å². The molecule has 10 heteroatoms. The van der Waals surface area contributed by atoms with Gasteiger partial charge in [0, 0.05) is 51.1 Å². The molecule has 0 radical (unpaired) electrons. The summed E-state index contributed by atoms with van der Waals surface area (Å²) in [7, 11) is 1.69. The fourth-order valence-electron chi connectivity index (χ4n) is 3.09. The molecule has 1 unspecified atom stereocenters. The lowest BCUT2D eigenvalue weighted by Crippen LogP contribution is -2.35. The van der Waals surface area contributed by atoms with Crippen LogP contribution in [0.5, 0.6) is 0 Å². The Kier molecular flexibility index (Phi) is 5.26. The summed E-state index contributed by atoms with van der Waals surface area (Å²) in [5.74, 6) is 0.0482. The largest absolute Gasteiger partial charge is 0.433 e. The number of nitro groups is 1. The van der Waals surface area contributed by atoms with Gasteiger partial charge in [-0.05, 0) is 18.1 Å². The third-order valence-electron chi connectivity index (χ3n) is 4.60. The highest BCUT2D eigenvalue weighted by Crippen LogP contribution is 2.29. The second-order valence-electron chi connectivity index (χ2n) is 6.45. The highest BCUT2D eigenvalue weighted by atomic mass is 19.4. The number of benzene rings is 1. The Morgan fingerprint density at radius 3 is 2.63 bits per heavy atom. The average Bonchev–Trinajstić information content (AvgIpc) is 3.09. The highest BCUT2D eigenvalue weighted by molar-refractivity contribution is 5.34. The molecule has 7 nitrogen and oxygen atoms in total. The zero-order valence-corrected chi connectivity index (χ0v) is 14.6. The van der Waals surface area contributed by atoms with E-state index < -0.39 is 16.8 Å². The zero-order chi connectivity index (χ0) is 19.6. The Morgan fingerprint density at radius 1 is 1.30 bits per heavy atom. The summed E-state index contributed by atoms with van der Waals surface area (Å²) in [6.45, 7) is 2.03. The van der Waals surface area contributed by atoms with Crippen LogP contribution in [0.2, 0.25) is 0 Å². The molecule has 0 aliphatic carbocycles. The number of alkyl halides is 3. The van der Waals surface area contributed by atoms with Gasteiger partial charge in [0.2, 0.25) is 5.95 Å². The van der Waals surface area contributed by atoms with Crippen LogP contribution in [-0.2, 0) is 12.7 Å². The van der Waals surface area contributed by atoms with Crippen LogP contribution in [0.3, 0.4) is 0 Å². The molecule has 2 aromatic rings. The molecule has 1 aromatic heterocycles. The first-order valence-corrected chi connectivity index (χ1v) is 8.33. The van der Waals surface area contributed by atoms with E-state index in [0.717, 1.165) is 30.8 Å². The Balaban J connectivity index is 1.62. The maximum atomic E-state index is 12.8. The number of nitrogens with zero attached hydrogens (tertiary/aromatic N) is 5. The van der Waals surface area contributed by atoms with Gasteiger partial charge in [-0.25, -0.2) is 9.97 Å². The zero-order valence-electron chi connectivity index (χ0n) is 14.6. The molecule has 1 atom stereocenters. The van der Waals surface area contributed by atoms with Crippen molar-refractivity contribution in [3.05, 3.63) is 57.9 Å².